The number of ether oxygens (including phenoxy) is 1. The van der Waals surface area contributed by atoms with E-state index in [0.717, 1.165) is 24.0 Å². The number of hydrogen-bond acceptors (Lipinski definition) is 3. The van der Waals surface area contributed by atoms with Gasteiger partial charge in [-0.2, -0.15) is 0 Å². The quantitative estimate of drug-likeness (QED) is 0.656. The van der Waals surface area contributed by atoms with E-state index in [1.165, 1.54) is 5.56 Å². The van der Waals surface area contributed by atoms with E-state index >= 15 is 0 Å². The Kier molecular flexibility index (Phi) is 5.78. The number of carbonyl (C=O) groups excluding carboxylic acids is 2. The largest absolute Gasteiger partial charge is 0.484 e. The van der Waals surface area contributed by atoms with Crippen molar-refractivity contribution in [3.63, 3.8) is 0 Å². The summed E-state index contributed by atoms with van der Waals surface area (Å²) in [5.74, 6) is 0.313. The molecule has 4 heteroatoms. The molecule has 0 aliphatic carbocycles. The van der Waals surface area contributed by atoms with Gasteiger partial charge in [0, 0.05) is 11.3 Å². The topological polar surface area (TPSA) is 55.4 Å². The molecule has 26 heavy (non-hydrogen) atoms. The van der Waals surface area contributed by atoms with E-state index < -0.39 is 0 Å². The number of aldehydes is 1. The smallest absolute Gasteiger partial charge is 0.262 e. The average Bonchev–Trinajstić information content (AvgIpc) is 2.69. The second-order valence-corrected chi connectivity index (χ2v) is 5.84. The maximum Gasteiger partial charge on any atom is 0.262 e. The Bertz CT molecular complexity index is 873. The Morgan fingerprint density at radius 2 is 1.58 bits per heavy atom. The van der Waals surface area contributed by atoms with Gasteiger partial charge in [0.1, 0.15) is 12.0 Å². The van der Waals surface area contributed by atoms with Crippen molar-refractivity contribution in [3.05, 3.63) is 95.6 Å². The van der Waals surface area contributed by atoms with Crippen molar-refractivity contribution >= 4 is 17.9 Å². The fourth-order valence-corrected chi connectivity index (χ4v) is 2.59. The zero-order valence-electron chi connectivity index (χ0n) is 14.2. The molecule has 0 atom stereocenters. The third-order valence-corrected chi connectivity index (χ3v) is 3.91. The minimum atomic E-state index is -0.232. The molecule has 0 aromatic heterocycles. The molecule has 1 N–H and O–H groups in total. The first-order valence-electron chi connectivity index (χ1n) is 8.34. The van der Waals surface area contributed by atoms with Crippen LogP contribution in [0.4, 0.5) is 5.69 Å². The molecule has 0 bridgehead atoms. The predicted octanol–water partition coefficient (Wildman–Crippen LogP) is 4.11. The van der Waals surface area contributed by atoms with Gasteiger partial charge in [-0.25, -0.2) is 0 Å². The Morgan fingerprint density at radius 3 is 2.31 bits per heavy atom. The van der Waals surface area contributed by atoms with Crippen LogP contribution in [0.25, 0.3) is 0 Å². The highest BCUT2D eigenvalue weighted by molar-refractivity contribution is 5.92. The summed E-state index contributed by atoms with van der Waals surface area (Å²) in [5.41, 5.74) is 3.57. The first kappa shape index (κ1) is 17.4. The van der Waals surface area contributed by atoms with Crippen LogP contribution < -0.4 is 10.1 Å². The van der Waals surface area contributed by atoms with Crippen molar-refractivity contribution < 1.29 is 14.3 Å². The maximum atomic E-state index is 12.2. The molecule has 0 heterocycles. The van der Waals surface area contributed by atoms with Gasteiger partial charge < -0.3 is 10.1 Å². The molecular weight excluding hydrogens is 326 g/mol. The van der Waals surface area contributed by atoms with Crippen molar-refractivity contribution in [2.24, 2.45) is 0 Å². The molecule has 3 rings (SSSR count). The molecular formula is C22H19NO3. The van der Waals surface area contributed by atoms with Crippen molar-refractivity contribution in [1.29, 1.82) is 0 Å². The lowest BCUT2D eigenvalue weighted by atomic mass is 10.0. The summed E-state index contributed by atoms with van der Waals surface area (Å²) in [4.78, 5) is 22.9. The predicted molar refractivity (Wildman–Crippen MR) is 102 cm³/mol. The maximum absolute atomic E-state index is 12.2. The lowest BCUT2D eigenvalue weighted by molar-refractivity contribution is -0.118. The molecule has 3 aromatic carbocycles. The SMILES string of the molecule is O=Cc1ccc(OCC(=O)Nc2ccccc2Cc2ccccc2)cc1. The summed E-state index contributed by atoms with van der Waals surface area (Å²) in [6.45, 7) is -0.0971. The Labute approximate surface area is 152 Å². The van der Waals surface area contributed by atoms with Crippen LogP contribution in [0.1, 0.15) is 21.5 Å². The van der Waals surface area contributed by atoms with Gasteiger partial charge in [0.05, 0.1) is 0 Å². The standard InChI is InChI=1S/C22H19NO3/c24-15-18-10-12-20(13-11-18)26-16-22(25)23-21-9-5-4-8-19(21)14-17-6-2-1-3-7-17/h1-13,15H,14,16H2,(H,23,25). The minimum absolute atomic E-state index is 0.0971. The number of amides is 1. The van der Waals surface area contributed by atoms with E-state index in [2.05, 4.69) is 17.4 Å². The van der Waals surface area contributed by atoms with Gasteiger partial charge in [-0.15, -0.1) is 0 Å². The van der Waals surface area contributed by atoms with Crippen LogP contribution in [-0.2, 0) is 11.2 Å². The van der Waals surface area contributed by atoms with Gasteiger partial charge in [-0.1, -0.05) is 48.5 Å². The second kappa shape index (κ2) is 8.62. The highest BCUT2D eigenvalue weighted by atomic mass is 16.5. The fraction of sp³-hybridized carbons (Fsp3) is 0.0909. The normalized spacial score (nSPS) is 10.2. The van der Waals surface area contributed by atoms with Crippen molar-refractivity contribution in [3.8, 4) is 5.75 Å². The lowest BCUT2D eigenvalue weighted by Gasteiger charge is -2.12. The summed E-state index contributed by atoms with van der Waals surface area (Å²) in [6, 6.07) is 24.5. The zero-order chi connectivity index (χ0) is 18.2. The Balaban J connectivity index is 1.61. The molecule has 1 amide bonds. The third-order valence-electron chi connectivity index (χ3n) is 3.91. The highest BCUT2D eigenvalue weighted by Gasteiger charge is 2.08. The van der Waals surface area contributed by atoms with Gasteiger partial charge in [0.25, 0.3) is 5.91 Å². The van der Waals surface area contributed by atoms with Crippen LogP contribution in [0.2, 0.25) is 0 Å². The van der Waals surface area contributed by atoms with Crippen LogP contribution in [0, 0.1) is 0 Å². The van der Waals surface area contributed by atoms with Gasteiger partial charge in [-0.05, 0) is 47.9 Å². The van der Waals surface area contributed by atoms with Gasteiger partial charge in [-0.3, -0.25) is 9.59 Å². The summed E-state index contributed by atoms with van der Waals surface area (Å²) < 4.78 is 5.47. The van der Waals surface area contributed by atoms with Crippen LogP contribution in [0.5, 0.6) is 5.75 Å². The van der Waals surface area contributed by atoms with Gasteiger partial charge in [0.15, 0.2) is 6.61 Å². The fourth-order valence-electron chi connectivity index (χ4n) is 2.59. The minimum Gasteiger partial charge on any atom is -0.484 e. The Hall–Kier alpha value is -3.40. The van der Waals surface area contributed by atoms with Crippen LogP contribution >= 0.6 is 0 Å². The van der Waals surface area contributed by atoms with E-state index in [1.54, 1.807) is 24.3 Å². The zero-order valence-corrected chi connectivity index (χ0v) is 14.2. The summed E-state index contributed by atoms with van der Waals surface area (Å²) in [7, 11) is 0. The number of hydrogen-bond donors (Lipinski definition) is 1. The summed E-state index contributed by atoms with van der Waals surface area (Å²) in [6.07, 6.45) is 1.51. The van der Waals surface area contributed by atoms with Crippen molar-refractivity contribution in [2.45, 2.75) is 6.42 Å². The number of carbonyl (C=O) groups is 2. The molecule has 3 aromatic rings. The summed E-state index contributed by atoms with van der Waals surface area (Å²) >= 11 is 0. The van der Waals surface area contributed by atoms with Crippen molar-refractivity contribution in [2.75, 3.05) is 11.9 Å². The molecule has 0 saturated carbocycles. The average molecular weight is 345 g/mol. The molecule has 4 nitrogen and oxygen atoms in total. The highest BCUT2D eigenvalue weighted by Crippen LogP contribution is 2.19. The molecule has 0 radical (unpaired) electrons. The molecule has 0 unspecified atom stereocenters. The van der Waals surface area contributed by atoms with Crippen LogP contribution in [0.15, 0.2) is 78.9 Å². The van der Waals surface area contributed by atoms with Crippen LogP contribution in [-0.4, -0.2) is 18.8 Å². The van der Waals surface area contributed by atoms with E-state index in [9.17, 15) is 9.59 Å². The summed E-state index contributed by atoms with van der Waals surface area (Å²) in [5, 5.41) is 2.90. The number of benzene rings is 3. The van der Waals surface area contributed by atoms with E-state index in [-0.39, 0.29) is 12.5 Å². The van der Waals surface area contributed by atoms with Crippen LogP contribution in [0.3, 0.4) is 0 Å². The first-order chi connectivity index (χ1) is 12.7. The van der Waals surface area contributed by atoms with Gasteiger partial charge >= 0.3 is 0 Å². The number of nitrogens with one attached hydrogen (secondary N) is 1. The number of anilines is 1. The molecule has 130 valence electrons. The van der Waals surface area contributed by atoms with E-state index in [4.69, 9.17) is 4.74 Å². The lowest BCUT2D eigenvalue weighted by Crippen LogP contribution is -2.21. The molecule has 0 fully saturated rings. The third kappa shape index (κ3) is 4.80. The second-order valence-electron chi connectivity index (χ2n) is 5.84. The Morgan fingerprint density at radius 1 is 0.885 bits per heavy atom. The van der Waals surface area contributed by atoms with Gasteiger partial charge in [0.2, 0.25) is 0 Å². The molecule has 0 spiro atoms. The molecule has 0 saturated heterocycles. The van der Waals surface area contributed by atoms with E-state index in [1.807, 2.05) is 42.5 Å². The number of rotatable bonds is 7. The van der Waals surface area contributed by atoms with Crippen molar-refractivity contribution in [1.82, 2.24) is 0 Å². The van der Waals surface area contributed by atoms with E-state index in [0.29, 0.717) is 11.3 Å². The number of para-hydroxylation sites is 1. The first-order valence-corrected chi connectivity index (χ1v) is 8.34. The molecule has 0 aliphatic heterocycles. The monoisotopic (exact) mass is 345 g/mol. The molecule has 0 aliphatic rings.